The van der Waals surface area contributed by atoms with Crippen LogP contribution in [0.5, 0.6) is 0 Å². The lowest BCUT2D eigenvalue weighted by Crippen LogP contribution is -2.38. The molecule has 3 aromatic carbocycles. The third-order valence-electron chi connectivity index (χ3n) is 3.81. The Morgan fingerprint density at radius 2 is 1.41 bits per heavy atom. The van der Waals surface area contributed by atoms with Crippen molar-refractivity contribution in [2.24, 2.45) is 0 Å². The Bertz CT molecular complexity index is 1030. The first kappa shape index (κ1) is 18.9. The third-order valence-corrected chi connectivity index (χ3v) is 5.93. The second-order valence-corrected chi connectivity index (χ2v) is 7.96. The van der Waals surface area contributed by atoms with Crippen molar-refractivity contribution in [2.75, 3.05) is 16.2 Å². The van der Waals surface area contributed by atoms with Crippen LogP contribution in [0.1, 0.15) is 0 Å². The van der Waals surface area contributed by atoms with E-state index in [-0.39, 0.29) is 11.4 Å². The van der Waals surface area contributed by atoms with E-state index in [1.165, 1.54) is 12.1 Å². The molecule has 0 fully saturated rings. The van der Waals surface area contributed by atoms with E-state index < -0.39 is 15.9 Å². The zero-order chi connectivity index (χ0) is 19.3. The Morgan fingerprint density at radius 1 is 0.852 bits per heavy atom. The standard InChI is InChI=1S/C20H17ClN2O3S/c21-18-13-7-8-14-19(18)22-20(24)15-23(16-9-3-1-4-10-16)27(25,26)17-11-5-2-6-12-17/h1-14H,15H2,(H,22,24). The Morgan fingerprint density at radius 3 is 2.04 bits per heavy atom. The highest BCUT2D eigenvalue weighted by Gasteiger charge is 2.27. The number of anilines is 2. The van der Waals surface area contributed by atoms with Gasteiger partial charge in [-0.25, -0.2) is 8.42 Å². The van der Waals surface area contributed by atoms with Crippen LogP contribution in [0.15, 0.2) is 89.8 Å². The summed E-state index contributed by atoms with van der Waals surface area (Å²) in [6.07, 6.45) is 0. The Hall–Kier alpha value is -2.83. The monoisotopic (exact) mass is 400 g/mol. The molecule has 27 heavy (non-hydrogen) atoms. The van der Waals surface area contributed by atoms with Gasteiger partial charge in [-0.1, -0.05) is 60.1 Å². The highest BCUT2D eigenvalue weighted by molar-refractivity contribution is 7.92. The molecule has 0 radical (unpaired) electrons. The normalized spacial score (nSPS) is 11.0. The van der Waals surface area contributed by atoms with Crippen LogP contribution in [0.2, 0.25) is 5.02 Å². The number of halogens is 1. The van der Waals surface area contributed by atoms with Gasteiger partial charge in [-0.3, -0.25) is 9.10 Å². The summed E-state index contributed by atoms with van der Waals surface area (Å²) in [6.45, 7) is -0.382. The van der Waals surface area contributed by atoms with Gasteiger partial charge in [-0.05, 0) is 36.4 Å². The first-order valence-corrected chi connectivity index (χ1v) is 9.97. The van der Waals surface area contributed by atoms with Crippen molar-refractivity contribution < 1.29 is 13.2 Å². The van der Waals surface area contributed by atoms with Crippen molar-refractivity contribution >= 4 is 38.9 Å². The van der Waals surface area contributed by atoms with E-state index in [2.05, 4.69) is 5.32 Å². The number of nitrogens with one attached hydrogen (secondary N) is 1. The molecule has 5 nitrogen and oxygen atoms in total. The van der Waals surface area contributed by atoms with Gasteiger partial charge in [-0.15, -0.1) is 0 Å². The number of rotatable bonds is 6. The predicted octanol–water partition coefficient (Wildman–Crippen LogP) is 4.17. The molecule has 0 saturated carbocycles. The maximum absolute atomic E-state index is 13.1. The van der Waals surface area contributed by atoms with Gasteiger partial charge < -0.3 is 5.32 Å². The summed E-state index contributed by atoms with van der Waals surface area (Å²) in [5, 5.41) is 3.03. The number of hydrogen-bond donors (Lipinski definition) is 1. The van der Waals surface area contributed by atoms with Gasteiger partial charge in [0.1, 0.15) is 6.54 Å². The minimum absolute atomic E-state index is 0.111. The van der Waals surface area contributed by atoms with Crippen LogP contribution in [0.25, 0.3) is 0 Å². The summed E-state index contributed by atoms with van der Waals surface area (Å²) in [7, 11) is -3.91. The molecule has 3 rings (SSSR count). The van der Waals surface area contributed by atoms with Crippen molar-refractivity contribution in [3.05, 3.63) is 90.0 Å². The van der Waals surface area contributed by atoms with E-state index in [0.29, 0.717) is 16.4 Å². The summed E-state index contributed by atoms with van der Waals surface area (Å²) in [6, 6.07) is 23.3. The molecule has 0 spiro atoms. The van der Waals surface area contributed by atoms with Gasteiger partial charge in [0.25, 0.3) is 10.0 Å². The molecule has 0 unspecified atom stereocenters. The SMILES string of the molecule is O=C(CN(c1ccccc1)S(=O)(=O)c1ccccc1)Nc1ccccc1Cl. The molecule has 1 N–H and O–H groups in total. The van der Waals surface area contributed by atoms with Crippen LogP contribution in [0.4, 0.5) is 11.4 Å². The number of para-hydroxylation sites is 2. The molecular formula is C20H17ClN2O3S. The number of carbonyl (C=O) groups is 1. The highest BCUT2D eigenvalue weighted by atomic mass is 35.5. The first-order chi connectivity index (χ1) is 13.0. The Labute approximate surface area is 163 Å². The maximum atomic E-state index is 13.1. The second-order valence-electron chi connectivity index (χ2n) is 5.69. The molecule has 138 valence electrons. The first-order valence-electron chi connectivity index (χ1n) is 8.16. The number of nitrogens with zero attached hydrogens (tertiary/aromatic N) is 1. The molecule has 0 aliphatic heterocycles. The number of sulfonamides is 1. The van der Waals surface area contributed by atoms with Gasteiger partial charge in [0, 0.05) is 0 Å². The van der Waals surface area contributed by atoms with Gasteiger partial charge in [-0.2, -0.15) is 0 Å². The third kappa shape index (κ3) is 4.48. The van der Waals surface area contributed by atoms with Crippen molar-refractivity contribution in [1.82, 2.24) is 0 Å². The Balaban J connectivity index is 1.92. The quantitative estimate of drug-likeness (QED) is 0.675. The van der Waals surface area contributed by atoms with Crippen LogP contribution >= 0.6 is 11.6 Å². The molecule has 1 amide bonds. The number of hydrogen-bond acceptors (Lipinski definition) is 3. The summed E-state index contributed by atoms with van der Waals surface area (Å²) in [5.74, 6) is -0.494. The molecule has 0 heterocycles. The van der Waals surface area contributed by atoms with Crippen molar-refractivity contribution in [2.45, 2.75) is 4.90 Å². The van der Waals surface area contributed by atoms with Crippen LogP contribution in [-0.4, -0.2) is 20.9 Å². The van der Waals surface area contributed by atoms with Crippen LogP contribution in [0.3, 0.4) is 0 Å². The Kier molecular flexibility index (Phi) is 5.78. The minimum atomic E-state index is -3.91. The minimum Gasteiger partial charge on any atom is -0.323 e. The van der Waals surface area contributed by atoms with Crippen LogP contribution in [0, 0.1) is 0 Å². The average molecular weight is 401 g/mol. The summed E-state index contributed by atoms with van der Waals surface area (Å²) < 4.78 is 27.3. The predicted molar refractivity (Wildman–Crippen MR) is 107 cm³/mol. The van der Waals surface area contributed by atoms with E-state index in [9.17, 15) is 13.2 Å². The molecule has 0 saturated heterocycles. The van der Waals surface area contributed by atoms with E-state index in [1.54, 1.807) is 72.8 Å². The molecule has 0 atom stereocenters. The maximum Gasteiger partial charge on any atom is 0.264 e. The fraction of sp³-hybridized carbons (Fsp3) is 0.0500. The molecule has 0 aliphatic carbocycles. The van der Waals surface area contributed by atoms with Crippen LogP contribution in [-0.2, 0) is 14.8 Å². The van der Waals surface area contributed by atoms with E-state index in [4.69, 9.17) is 11.6 Å². The van der Waals surface area contributed by atoms with Gasteiger partial charge in [0.2, 0.25) is 5.91 Å². The largest absolute Gasteiger partial charge is 0.323 e. The van der Waals surface area contributed by atoms with Crippen molar-refractivity contribution in [1.29, 1.82) is 0 Å². The lowest BCUT2D eigenvalue weighted by atomic mass is 10.3. The average Bonchev–Trinajstić information content (AvgIpc) is 2.69. The fourth-order valence-corrected chi connectivity index (χ4v) is 4.14. The summed E-state index contributed by atoms with van der Waals surface area (Å²) >= 11 is 6.06. The summed E-state index contributed by atoms with van der Waals surface area (Å²) in [4.78, 5) is 12.7. The van der Waals surface area contributed by atoms with Crippen molar-refractivity contribution in [3.8, 4) is 0 Å². The number of carbonyl (C=O) groups excluding carboxylic acids is 1. The molecule has 3 aromatic rings. The molecule has 0 aliphatic rings. The van der Waals surface area contributed by atoms with Gasteiger partial charge in [0.05, 0.1) is 21.3 Å². The van der Waals surface area contributed by atoms with Gasteiger partial charge in [0.15, 0.2) is 0 Å². The number of benzene rings is 3. The topological polar surface area (TPSA) is 66.5 Å². The van der Waals surface area contributed by atoms with Crippen LogP contribution < -0.4 is 9.62 Å². The molecule has 7 heteroatoms. The lowest BCUT2D eigenvalue weighted by molar-refractivity contribution is -0.114. The highest BCUT2D eigenvalue weighted by Crippen LogP contribution is 2.24. The van der Waals surface area contributed by atoms with E-state index in [1.807, 2.05) is 0 Å². The fourth-order valence-electron chi connectivity index (χ4n) is 2.51. The zero-order valence-corrected chi connectivity index (χ0v) is 15.8. The summed E-state index contributed by atoms with van der Waals surface area (Å²) in [5.41, 5.74) is 0.824. The molecular weight excluding hydrogens is 384 g/mol. The number of amides is 1. The molecule has 0 aromatic heterocycles. The van der Waals surface area contributed by atoms with E-state index in [0.717, 1.165) is 4.31 Å². The lowest BCUT2D eigenvalue weighted by Gasteiger charge is -2.24. The van der Waals surface area contributed by atoms with Crippen molar-refractivity contribution in [3.63, 3.8) is 0 Å². The second kappa shape index (κ2) is 8.24. The zero-order valence-electron chi connectivity index (χ0n) is 14.2. The van der Waals surface area contributed by atoms with Gasteiger partial charge >= 0.3 is 0 Å². The smallest absolute Gasteiger partial charge is 0.264 e. The molecule has 0 bridgehead atoms. The van der Waals surface area contributed by atoms with E-state index >= 15 is 0 Å².